The van der Waals surface area contributed by atoms with Gasteiger partial charge in [-0.3, -0.25) is 4.57 Å². The lowest BCUT2D eigenvalue weighted by atomic mass is 10.3. The van der Waals surface area contributed by atoms with E-state index in [1.807, 2.05) is 0 Å². The summed E-state index contributed by atoms with van der Waals surface area (Å²) >= 11 is 4.24. The van der Waals surface area contributed by atoms with Gasteiger partial charge in [0.15, 0.2) is 10.9 Å². The van der Waals surface area contributed by atoms with Crippen molar-refractivity contribution in [3.8, 4) is 5.69 Å². The molecule has 0 atom stereocenters. The van der Waals surface area contributed by atoms with Gasteiger partial charge in [0.05, 0.1) is 12.3 Å². The molecule has 1 aromatic heterocycles. The van der Waals surface area contributed by atoms with Crippen LogP contribution >= 0.6 is 12.6 Å². The molecule has 0 saturated heterocycles. The molecule has 100 valence electrons. The van der Waals surface area contributed by atoms with Gasteiger partial charge in [0, 0.05) is 5.69 Å². The maximum atomic E-state index is 13.0. The van der Waals surface area contributed by atoms with Crippen LogP contribution in [-0.2, 0) is 4.74 Å². The number of rotatable bonds is 3. The van der Waals surface area contributed by atoms with E-state index in [2.05, 4.69) is 17.6 Å². The summed E-state index contributed by atoms with van der Waals surface area (Å²) < 4.78 is 19.5. The Morgan fingerprint density at radius 1 is 1.42 bits per heavy atom. The van der Waals surface area contributed by atoms with Crippen molar-refractivity contribution in [2.45, 2.75) is 19.0 Å². The van der Waals surface area contributed by atoms with Crippen LogP contribution in [0.3, 0.4) is 0 Å². The van der Waals surface area contributed by atoms with Gasteiger partial charge in [0.25, 0.3) is 0 Å². The van der Waals surface area contributed by atoms with Gasteiger partial charge in [-0.2, -0.15) is 0 Å². The number of carbonyl (C=O) groups excluding carboxylic acids is 1. The molecule has 4 nitrogen and oxygen atoms in total. The highest BCUT2D eigenvalue weighted by Crippen LogP contribution is 2.21. The number of carbonyl (C=O) groups is 1. The lowest BCUT2D eigenvalue weighted by Gasteiger charge is -2.09. The number of hydrogen-bond acceptors (Lipinski definition) is 4. The summed E-state index contributed by atoms with van der Waals surface area (Å²) in [6.45, 7) is 3.70. The van der Waals surface area contributed by atoms with Crippen LogP contribution in [0.2, 0.25) is 0 Å². The molecule has 0 bridgehead atoms. The third-order valence-corrected chi connectivity index (χ3v) is 2.89. The van der Waals surface area contributed by atoms with E-state index in [4.69, 9.17) is 4.74 Å². The van der Waals surface area contributed by atoms with Gasteiger partial charge in [-0.15, -0.1) is 12.6 Å². The molecule has 0 spiro atoms. The van der Waals surface area contributed by atoms with Crippen LogP contribution in [0.1, 0.15) is 23.1 Å². The highest BCUT2D eigenvalue weighted by atomic mass is 32.1. The summed E-state index contributed by atoms with van der Waals surface area (Å²) in [5.74, 6) is -0.823. The molecule has 1 heterocycles. The number of thiol groups is 1. The van der Waals surface area contributed by atoms with Crippen LogP contribution in [0, 0.1) is 12.7 Å². The molecule has 0 aliphatic carbocycles. The van der Waals surface area contributed by atoms with Crippen molar-refractivity contribution < 1.29 is 13.9 Å². The van der Waals surface area contributed by atoms with Crippen LogP contribution in [0.4, 0.5) is 4.39 Å². The van der Waals surface area contributed by atoms with Gasteiger partial charge in [-0.25, -0.2) is 14.2 Å². The van der Waals surface area contributed by atoms with Crippen molar-refractivity contribution in [1.82, 2.24) is 9.55 Å². The Hall–Kier alpha value is -1.82. The molecule has 19 heavy (non-hydrogen) atoms. The molecule has 0 N–H and O–H groups in total. The lowest BCUT2D eigenvalue weighted by molar-refractivity contribution is 0.0515. The fourth-order valence-electron chi connectivity index (χ4n) is 1.79. The zero-order chi connectivity index (χ0) is 14.0. The zero-order valence-electron chi connectivity index (χ0n) is 10.6. The van der Waals surface area contributed by atoms with E-state index in [0.29, 0.717) is 22.2 Å². The fraction of sp³-hybridized carbons (Fsp3) is 0.231. The van der Waals surface area contributed by atoms with Crippen molar-refractivity contribution in [3.63, 3.8) is 0 Å². The third kappa shape index (κ3) is 2.63. The van der Waals surface area contributed by atoms with Crippen LogP contribution in [0.15, 0.2) is 29.4 Å². The maximum Gasteiger partial charge on any atom is 0.357 e. The van der Waals surface area contributed by atoms with Crippen molar-refractivity contribution in [2.75, 3.05) is 6.61 Å². The molecule has 2 aromatic rings. The summed E-state index contributed by atoms with van der Waals surface area (Å²) in [5.41, 5.74) is 1.43. The van der Waals surface area contributed by atoms with Crippen molar-refractivity contribution in [3.05, 3.63) is 41.5 Å². The molecule has 0 fully saturated rings. The summed E-state index contributed by atoms with van der Waals surface area (Å²) in [5, 5.41) is 0.354. The van der Waals surface area contributed by atoms with Gasteiger partial charge >= 0.3 is 5.97 Å². The first-order valence-electron chi connectivity index (χ1n) is 5.76. The SMILES string of the molecule is CCOC(=O)c1c(C)nc(S)n1-c1ccc(F)cc1. The molecule has 2 rings (SSSR count). The number of benzene rings is 1. The van der Waals surface area contributed by atoms with E-state index in [0.717, 1.165) is 0 Å². The van der Waals surface area contributed by atoms with E-state index in [1.165, 1.54) is 16.7 Å². The fourth-order valence-corrected chi connectivity index (χ4v) is 2.15. The second-order valence-corrected chi connectivity index (χ2v) is 4.28. The Labute approximate surface area is 115 Å². The molecule has 6 heteroatoms. The average Bonchev–Trinajstić information content (AvgIpc) is 2.65. The number of halogens is 1. The Balaban J connectivity index is 2.56. The Morgan fingerprint density at radius 3 is 2.63 bits per heavy atom. The molecule has 0 aliphatic rings. The number of imidazole rings is 1. The lowest BCUT2D eigenvalue weighted by Crippen LogP contribution is -2.12. The smallest absolute Gasteiger partial charge is 0.357 e. The standard InChI is InChI=1S/C13H13FN2O2S/c1-3-18-12(17)11-8(2)15-13(19)16(11)10-6-4-9(14)5-7-10/h4-7H,3H2,1-2H3,(H,15,19). The van der Waals surface area contributed by atoms with Crippen LogP contribution in [-0.4, -0.2) is 22.1 Å². The van der Waals surface area contributed by atoms with Crippen LogP contribution in [0.25, 0.3) is 5.69 Å². The van der Waals surface area contributed by atoms with Crippen molar-refractivity contribution in [1.29, 1.82) is 0 Å². The first-order chi connectivity index (χ1) is 9.04. The largest absolute Gasteiger partial charge is 0.461 e. The van der Waals surface area contributed by atoms with Gasteiger partial charge < -0.3 is 4.74 Å². The summed E-state index contributed by atoms with van der Waals surface area (Å²) in [7, 11) is 0. The molecule has 0 radical (unpaired) electrons. The average molecular weight is 280 g/mol. The van der Waals surface area contributed by atoms with E-state index in [-0.39, 0.29) is 12.4 Å². The van der Waals surface area contributed by atoms with Gasteiger partial charge in [0.2, 0.25) is 0 Å². The number of aryl methyl sites for hydroxylation is 1. The molecule has 0 saturated carbocycles. The van der Waals surface area contributed by atoms with Gasteiger partial charge in [-0.05, 0) is 38.1 Å². The minimum atomic E-state index is -0.475. The Bertz CT molecular complexity index is 608. The van der Waals surface area contributed by atoms with E-state index in [1.54, 1.807) is 26.0 Å². The molecular weight excluding hydrogens is 267 g/mol. The quantitative estimate of drug-likeness (QED) is 0.694. The highest BCUT2D eigenvalue weighted by Gasteiger charge is 2.21. The predicted molar refractivity (Wildman–Crippen MR) is 71.5 cm³/mol. The Morgan fingerprint density at radius 2 is 2.05 bits per heavy atom. The number of hydrogen-bond donors (Lipinski definition) is 1. The maximum absolute atomic E-state index is 13.0. The zero-order valence-corrected chi connectivity index (χ0v) is 11.4. The second-order valence-electron chi connectivity index (χ2n) is 3.88. The minimum absolute atomic E-state index is 0.273. The second kappa shape index (κ2) is 5.44. The third-order valence-electron chi connectivity index (χ3n) is 2.59. The summed E-state index contributed by atoms with van der Waals surface area (Å²) in [4.78, 5) is 16.1. The molecule has 1 aromatic carbocycles. The number of nitrogens with zero attached hydrogens (tertiary/aromatic N) is 2. The molecule has 0 aliphatic heterocycles. The van der Waals surface area contributed by atoms with E-state index in [9.17, 15) is 9.18 Å². The van der Waals surface area contributed by atoms with Crippen molar-refractivity contribution in [2.24, 2.45) is 0 Å². The first kappa shape index (κ1) is 13.6. The molecule has 0 amide bonds. The number of esters is 1. The minimum Gasteiger partial charge on any atom is -0.461 e. The number of ether oxygens (including phenoxy) is 1. The summed E-state index contributed by atoms with van der Waals surface area (Å²) in [6.07, 6.45) is 0. The predicted octanol–water partition coefficient (Wildman–Crippen LogP) is 2.79. The molecule has 0 unspecified atom stereocenters. The number of aromatic nitrogens is 2. The van der Waals surface area contributed by atoms with Crippen LogP contribution in [0.5, 0.6) is 0 Å². The van der Waals surface area contributed by atoms with Crippen molar-refractivity contribution >= 4 is 18.6 Å². The summed E-state index contributed by atoms with van der Waals surface area (Å²) in [6, 6.07) is 5.73. The normalized spacial score (nSPS) is 10.5. The topological polar surface area (TPSA) is 44.1 Å². The molecular formula is C13H13FN2O2S. The highest BCUT2D eigenvalue weighted by molar-refractivity contribution is 7.80. The van der Waals surface area contributed by atoms with Crippen LogP contribution < -0.4 is 0 Å². The monoisotopic (exact) mass is 280 g/mol. The van der Waals surface area contributed by atoms with Gasteiger partial charge in [-0.1, -0.05) is 0 Å². The Kier molecular flexibility index (Phi) is 3.90. The van der Waals surface area contributed by atoms with Gasteiger partial charge in [0.1, 0.15) is 5.82 Å². The van der Waals surface area contributed by atoms with E-state index < -0.39 is 5.97 Å². The first-order valence-corrected chi connectivity index (χ1v) is 6.20. The van der Waals surface area contributed by atoms with E-state index >= 15 is 0 Å².